The van der Waals surface area contributed by atoms with Crippen molar-refractivity contribution in [2.24, 2.45) is 5.92 Å². The number of hydrogen-bond donors (Lipinski definition) is 1. The van der Waals surface area contributed by atoms with Crippen LogP contribution in [0.25, 0.3) is 0 Å². The SMILES string of the molecule is CCCCOCCC(C)CNCC. The second-order valence-electron chi connectivity index (χ2n) is 3.67. The molecule has 0 aromatic rings. The van der Waals surface area contributed by atoms with E-state index in [1.54, 1.807) is 0 Å². The summed E-state index contributed by atoms with van der Waals surface area (Å²) in [7, 11) is 0. The van der Waals surface area contributed by atoms with E-state index in [9.17, 15) is 0 Å². The first-order valence-corrected chi connectivity index (χ1v) is 5.59. The van der Waals surface area contributed by atoms with Gasteiger partial charge in [-0.1, -0.05) is 27.2 Å². The lowest BCUT2D eigenvalue weighted by Crippen LogP contribution is -2.21. The molecule has 0 saturated heterocycles. The average molecular weight is 187 g/mol. The summed E-state index contributed by atoms with van der Waals surface area (Å²) in [5, 5.41) is 3.34. The molecule has 1 atom stereocenters. The van der Waals surface area contributed by atoms with Gasteiger partial charge in [-0.25, -0.2) is 0 Å². The van der Waals surface area contributed by atoms with Crippen molar-refractivity contribution in [3.05, 3.63) is 0 Å². The Kier molecular flexibility index (Phi) is 9.94. The highest BCUT2D eigenvalue weighted by Gasteiger charge is 1.99. The predicted octanol–water partition coefficient (Wildman–Crippen LogP) is 2.44. The summed E-state index contributed by atoms with van der Waals surface area (Å²) in [6, 6.07) is 0. The minimum absolute atomic E-state index is 0.738. The van der Waals surface area contributed by atoms with Crippen molar-refractivity contribution in [3.63, 3.8) is 0 Å². The molecule has 0 saturated carbocycles. The van der Waals surface area contributed by atoms with E-state index in [4.69, 9.17) is 4.74 Å². The van der Waals surface area contributed by atoms with Gasteiger partial charge in [0.05, 0.1) is 0 Å². The van der Waals surface area contributed by atoms with Crippen molar-refractivity contribution in [2.75, 3.05) is 26.3 Å². The van der Waals surface area contributed by atoms with Crippen LogP contribution in [0.1, 0.15) is 40.0 Å². The topological polar surface area (TPSA) is 21.3 Å². The van der Waals surface area contributed by atoms with Gasteiger partial charge in [-0.05, 0) is 31.8 Å². The zero-order valence-electron chi connectivity index (χ0n) is 9.44. The molecule has 1 N–H and O–H groups in total. The summed E-state index contributed by atoms with van der Waals surface area (Å²) in [6.07, 6.45) is 3.60. The molecule has 0 amide bonds. The Morgan fingerprint density at radius 3 is 2.62 bits per heavy atom. The van der Waals surface area contributed by atoms with Crippen molar-refractivity contribution < 1.29 is 4.74 Å². The Morgan fingerprint density at radius 1 is 1.23 bits per heavy atom. The van der Waals surface area contributed by atoms with Crippen LogP contribution in [0, 0.1) is 5.92 Å². The molecule has 13 heavy (non-hydrogen) atoms. The Hall–Kier alpha value is -0.0800. The zero-order chi connectivity index (χ0) is 9.94. The maximum atomic E-state index is 5.50. The molecule has 0 aliphatic heterocycles. The number of rotatable bonds is 9. The van der Waals surface area contributed by atoms with Crippen LogP contribution in [0.5, 0.6) is 0 Å². The van der Waals surface area contributed by atoms with Gasteiger partial charge in [-0.2, -0.15) is 0 Å². The van der Waals surface area contributed by atoms with Gasteiger partial charge in [0.15, 0.2) is 0 Å². The maximum absolute atomic E-state index is 5.50. The van der Waals surface area contributed by atoms with Crippen LogP contribution in [0.4, 0.5) is 0 Å². The fourth-order valence-electron chi connectivity index (χ4n) is 1.13. The number of ether oxygens (including phenoxy) is 1. The van der Waals surface area contributed by atoms with Crippen molar-refractivity contribution >= 4 is 0 Å². The summed E-state index contributed by atoms with van der Waals surface area (Å²) in [6.45, 7) is 10.7. The molecule has 0 rings (SSSR count). The molecule has 0 heterocycles. The van der Waals surface area contributed by atoms with Crippen LogP contribution in [0.15, 0.2) is 0 Å². The highest BCUT2D eigenvalue weighted by atomic mass is 16.5. The molecule has 1 unspecified atom stereocenters. The molecular weight excluding hydrogens is 162 g/mol. The summed E-state index contributed by atoms with van der Waals surface area (Å²) in [4.78, 5) is 0. The number of nitrogens with one attached hydrogen (secondary N) is 1. The van der Waals surface area contributed by atoms with E-state index in [1.807, 2.05) is 0 Å². The van der Waals surface area contributed by atoms with E-state index >= 15 is 0 Å². The normalized spacial score (nSPS) is 13.2. The van der Waals surface area contributed by atoms with Gasteiger partial charge >= 0.3 is 0 Å². The monoisotopic (exact) mass is 187 g/mol. The second-order valence-corrected chi connectivity index (χ2v) is 3.67. The second kappa shape index (κ2) is 10.0. The van der Waals surface area contributed by atoms with E-state index in [0.29, 0.717) is 0 Å². The Morgan fingerprint density at radius 2 is 2.00 bits per heavy atom. The fraction of sp³-hybridized carbons (Fsp3) is 1.00. The van der Waals surface area contributed by atoms with Crippen LogP contribution in [0.3, 0.4) is 0 Å². The van der Waals surface area contributed by atoms with Gasteiger partial charge in [0.25, 0.3) is 0 Å². The van der Waals surface area contributed by atoms with E-state index in [1.165, 1.54) is 19.3 Å². The molecule has 2 heteroatoms. The maximum Gasteiger partial charge on any atom is 0.0469 e. The average Bonchev–Trinajstić information content (AvgIpc) is 2.14. The van der Waals surface area contributed by atoms with Crippen molar-refractivity contribution in [1.82, 2.24) is 5.32 Å². The molecule has 0 radical (unpaired) electrons. The Bertz CT molecular complexity index is 96.1. The quantitative estimate of drug-likeness (QED) is 0.560. The zero-order valence-corrected chi connectivity index (χ0v) is 9.44. The summed E-state index contributed by atoms with van der Waals surface area (Å²) in [5.41, 5.74) is 0. The molecule has 80 valence electrons. The smallest absolute Gasteiger partial charge is 0.0469 e. The molecule has 0 spiro atoms. The first kappa shape index (κ1) is 12.9. The lowest BCUT2D eigenvalue weighted by molar-refractivity contribution is 0.119. The predicted molar refractivity (Wildman–Crippen MR) is 58.1 cm³/mol. The van der Waals surface area contributed by atoms with Gasteiger partial charge in [-0.3, -0.25) is 0 Å². The minimum Gasteiger partial charge on any atom is -0.381 e. The first-order chi connectivity index (χ1) is 6.31. The van der Waals surface area contributed by atoms with Gasteiger partial charge in [0.2, 0.25) is 0 Å². The first-order valence-electron chi connectivity index (χ1n) is 5.59. The summed E-state index contributed by atoms with van der Waals surface area (Å²) < 4.78 is 5.50. The Labute approximate surface area is 83.1 Å². The lowest BCUT2D eigenvalue weighted by Gasteiger charge is -2.11. The molecule has 0 bridgehead atoms. The molecule has 2 nitrogen and oxygen atoms in total. The van der Waals surface area contributed by atoms with E-state index in [2.05, 4.69) is 26.1 Å². The van der Waals surface area contributed by atoms with Crippen molar-refractivity contribution in [2.45, 2.75) is 40.0 Å². The van der Waals surface area contributed by atoms with Crippen molar-refractivity contribution in [3.8, 4) is 0 Å². The van der Waals surface area contributed by atoms with Crippen LogP contribution in [0.2, 0.25) is 0 Å². The standard InChI is InChI=1S/C11H25NO/c1-4-6-8-13-9-7-11(3)10-12-5-2/h11-12H,4-10H2,1-3H3. The highest BCUT2D eigenvalue weighted by molar-refractivity contribution is 4.55. The fourth-order valence-corrected chi connectivity index (χ4v) is 1.13. The van der Waals surface area contributed by atoms with Crippen LogP contribution in [-0.2, 0) is 4.74 Å². The van der Waals surface area contributed by atoms with Gasteiger partial charge in [-0.15, -0.1) is 0 Å². The molecule has 0 aliphatic rings. The largest absolute Gasteiger partial charge is 0.381 e. The van der Waals surface area contributed by atoms with Gasteiger partial charge in [0, 0.05) is 13.2 Å². The third kappa shape index (κ3) is 9.84. The minimum atomic E-state index is 0.738. The lowest BCUT2D eigenvalue weighted by atomic mass is 10.1. The summed E-state index contributed by atoms with van der Waals surface area (Å²) >= 11 is 0. The molecular formula is C11H25NO. The molecule has 0 aliphatic carbocycles. The molecule has 0 aromatic heterocycles. The number of hydrogen-bond acceptors (Lipinski definition) is 2. The number of unbranched alkanes of at least 4 members (excludes halogenated alkanes) is 1. The summed E-state index contributed by atoms with van der Waals surface area (Å²) in [5.74, 6) is 0.738. The van der Waals surface area contributed by atoms with Gasteiger partial charge < -0.3 is 10.1 Å². The third-order valence-electron chi connectivity index (χ3n) is 2.14. The van der Waals surface area contributed by atoms with E-state index < -0.39 is 0 Å². The van der Waals surface area contributed by atoms with Gasteiger partial charge in [0.1, 0.15) is 0 Å². The third-order valence-corrected chi connectivity index (χ3v) is 2.14. The van der Waals surface area contributed by atoms with Crippen LogP contribution in [-0.4, -0.2) is 26.3 Å². The van der Waals surface area contributed by atoms with E-state index in [-0.39, 0.29) is 0 Å². The van der Waals surface area contributed by atoms with Crippen LogP contribution >= 0.6 is 0 Å². The molecule has 0 fully saturated rings. The van der Waals surface area contributed by atoms with Crippen molar-refractivity contribution in [1.29, 1.82) is 0 Å². The van der Waals surface area contributed by atoms with E-state index in [0.717, 1.165) is 32.2 Å². The van der Waals surface area contributed by atoms with Crippen LogP contribution < -0.4 is 5.32 Å². The molecule has 0 aromatic carbocycles. The highest BCUT2D eigenvalue weighted by Crippen LogP contribution is 2.00. The Balaban J connectivity index is 3.03.